The molecular formula is C28H30F2N2O3. The van der Waals surface area contributed by atoms with Crippen LogP contribution in [-0.2, 0) is 22.6 Å². The van der Waals surface area contributed by atoms with E-state index in [4.69, 9.17) is 4.74 Å². The Morgan fingerprint density at radius 3 is 2.17 bits per heavy atom. The topological polar surface area (TPSA) is 58.6 Å². The van der Waals surface area contributed by atoms with Gasteiger partial charge in [-0.3, -0.25) is 9.59 Å². The van der Waals surface area contributed by atoms with Gasteiger partial charge < -0.3 is 15.0 Å². The lowest BCUT2D eigenvalue weighted by atomic mass is 10.0. The van der Waals surface area contributed by atoms with Crippen LogP contribution in [0.4, 0.5) is 8.78 Å². The molecule has 0 saturated carbocycles. The molecule has 3 aromatic carbocycles. The highest BCUT2D eigenvalue weighted by atomic mass is 19.1. The summed E-state index contributed by atoms with van der Waals surface area (Å²) in [4.78, 5) is 28.0. The van der Waals surface area contributed by atoms with Gasteiger partial charge in [0.15, 0.2) is 18.2 Å². The van der Waals surface area contributed by atoms with E-state index in [9.17, 15) is 18.4 Å². The molecule has 0 aromatic heterocycles. The van der Waals surface area contributed by atoms with Crippen molar-refractivity contribution in [3.8, 4) is 5.75 Å². The number of carbonyl (C=O) groups excluding carboxylic acids is 2. The SMILES string of the molecule is CC(C)CNC(=O)C(Cc1ccccc1)N(Cc1ccccc1F)C(=O)COc1ccccc1F. The van der Waals surface area contributed by atoms with Crippen LogP contribution in [0.1, 0.15) is 25.0 Å². The molecule has 184 valence electrons. The highest BCUT2D eigenvalue weighted by Gasteiger charge is 2.31. The summed E-state index contributed by atoms with van der Waals surface area (Å²) in [6, 6.07) is 20.2. The molecule has 0 radical (unpaired) electrons. The Morgan fingerprint density at radius 2 is 1.51 bits per heavy atom. The number of nitrogens with zero attached hydrogens (tertiary/aromatic N) is 1. The summed E-state index contributed by atoms with van der Waals surface area (Å²) in [5.74, 6) is -1.86. The van der Waals surface area contributed by atoms with Crippen LogP contribution < -0.4 is 10.1 Å². The second-order valence-corrected chi connectivity index (χ2v) is 8.68. The predicted molar refractivity (Wildman–Crippen MR) is 131 cm³/mol. The van der Waals surface area contributed by atoms with E-state index in [0.29, 0.717) is 6.54 Å². The van der Waals surface area contributed by atoms with Crippen LogP contribution in [0.15, 0.2) is 78.9 Å². The second kappa shape index (κ2) is 12.6. The number of ether oxygens (including phenoxy) is 1. The molecule has 0 saturated heterocycles. The van der Waals surface area contributed by atoms with Crippen molar-refractivity contribution in [3.05, 3.63) is 102 Å². The lowest BCUT2D eigenvalue weighted by Gasteiger charge is -2.31. The Hall–Kier alpha value is -3.74. The van der Waals surface area contributed by atoms with Crippen LogP contribution in [-0.4, -0.2) is 35.9 Å². The van der Waals surface area contributed by atoms with E-state index >= 15 is 0 Å². The monoisotopic (exact) mass is 480 g/mol. The van der Waals surface area contributed by atoms with Crippen LogP contribution in [0.25, 0.3) is 0 Å². The number of benzene rings is 3. The maximum Gasteiger partial charge on any atom is 0.261 e. The minimum absolute atomic E-state index is 0.0736. The van der Waals surface area contributed by atoms with Crippen molar-refractivity contribution in [2.45, 2.75) is 32.9 Å². The average Bonchev–Trinajstić information content (AvgIpc) is 2.85. The fourth-order valence-corrected chi connectivity index (χ4v) is 3.57. The Bertz CT molecular complexity index is 1120. The van der Waals surface area contributed by atoms with E-state index < -0.39 is 30.2 Å². The van der Waals surface area contributed by atoms with Gasteiger partial charge in [0.2, 0.25) is 5.91 Å². The average molecular weight is 481 g/mol. The van der Waals surface area contributed by atoms with Gasteiger partial charge in [0.25, 0.3) is 5.91 Å². The molecule has 1 atom stereocenters. The van der Waals surface area contributed by atoms with Crippen molar-refractivity contribution >= 4 is 11.8 Å². The summed E-state index contributed by atoms with van der Waals surface area (Å²) in [5.41, 5.74) is 1.11. The second-order valence-electron chi connectivity index (χ2n) is 8.68. The fraction of sp³-hybridized carbons (Fsp3) is 0.286. The van der Waals surface area contributed by atoms with Crippen molar-refractivity contribution in [1.82, 2.24) is 10.2 Å². The van der Waals surface area contributed by atoms with Gasteiger partial charge in [0.1, 0.15) is 11.9 Å². The molecule has 0 aliphatic heterocycles. The Balaban J connectivity index is 1.92. The maximum absolute atomic E-state index is 14.5. The van der Waals surface area contributed by atoms with Crippen LogP contribution in [0.5, 0.6) is 5.75 Å². The summed E-state index contributed by atoms with van der Waals surface area (Å²) < 4.78 is 34.0. The number of amides is 2. The van der Waals surface area contributed by atoms with Crippen molar-refractivity contribution in [2.24, 2.45) is 5.92 Å². The van der Waals surface area contributed by atoms with Gasteiger partial charge in [-0.05, 0) is 29.7 Å². The number of rotatable bonds is 11. The molecule has 5 nitrogen and oxygen atoms in total. The van der Waals surface area contributed by atoms with Crippen molar-refractivity contribution in [2.75, 3.05) is 13.2 Å². The van der Waals surface area contributed by atoms with E-state index in [1.54, 1.807) is 24.3 Å². The lowest BCUT2D eigenvalue weighted by molar-refractivity contribution is -0.142. The van der Waals surface area contributed by atoms with E-state index in [1.807, 2.05) is 44.2 Å². The summed E-state index contributed by atoms with van der Waals surface area (Å²) in [5, 5.41) is 2.89. The molecule has 0 bridgehead atoms. The predicted octanol–water partition coefficient (Wildman–Crippen LogP) is 4.76. The zero-order valence-electron chi connectivity index (χ0n) is 19.9. The number of nitrogens with one attached hydrogen (secondary N) is 1. The molecule has 0 heterocycles. The zero-order chi connectivity index (χ0) is 25.2. The molecule has 0 fully saturated rings. The normalized spacial score (nSPS) is 11.7. The van der Waals surface area contributed by atoms with Crippen LogP contribution >= 0.6 is 0 Å². The summed E-state index contributed by atoms with van der Waals surface area (Å²) in [6.45, 7) is 3.72. The van der Waals surface area contributed by atoms with Gasteiger partial charge >= 0.3 is 0 Å². The van der Waals surface area contributed by atoms with Gasteiger partial charge in [0, 0.05) is 25.1 Å². The number of halogens is 2. The summed E-state index contributed by atoms with van der Waals surface area (Å²) in [7, 11) is 0. The van der Waals surface area contributed by atoms with E-state index in [-0.39, 0.29) is 36.1 Å². The number of para-hydroxylation sites is 1. The molecule has 1 N–H and O–H groups in total. The minimum atomic E-state index is -0.924. The Kier molecular flexibility index (Phi) is 9.35. The number of hydrogen-bond donors (Lipinski definition) is 1. The maximum atomic E-state index is 14.5. The van der Waals surface area contributed by atoms with Gasteiger partial charge in [-0.1, -0.05) is 74.5 Å². The molecule has 3 aromatic rings. The molecular weight excluding hydrogens is 450 g/mol. The molecule has 1 unspecified atom stereocenters. The van der Waals surface area contributed by atoms with Gasteiger partial charge in [-0.2, -0.15) is 0 Å². The molecule has 0 aliphatic rings. The first-order valence-electron chi connectivity index (χ1n) is 11.6. The lowest BCUT2D eigenvalue weighted by Crippen LogP contribution is -2.52. The molecule has 0 aliphatic carbocycles. The molecule has 0 spiro atoms. The smallest absolute Gasteiger partial charge is 0.261 e. The first-order valence-corrected chi connectivity index (χ1v) is 11.6. The molecule has 2 amide bonds. The van der Waals surface area contributed by atoms with Crippen LogP contribution in [0.3, 0.4) is 0 Å². The number of hydrogen-bond acceptors (Lipinski definition) is 3. The first-order chi connectivity index (χ1) is 16.8. The quantitative estimate of drug-likeness (QED) is 0.431. The third kappa shape index (κ3) is 7.64. The van der Waals surface area contributed by atoms with E-state index in [1.165, 1.54) is 29.2 Å². The molecule has 3 rings (SSSR count). The third-order valence-electron chi connectivity index (χ3n) is 5.44. The third-order valence-corrected chi connectivity index (χ3v) is 5.44. The van der Waals surface area contributed by atoms with Gasteiger partial charge in [-0.25, -0.2) is 8.78 Å². The van der Waals surface area contributed by atoms with Gasteiger partial charge in [-0.15, -0.1) is 0 Å². The fourth-order valence-electron chi connectivity index (χ4n) is 3.57. The van der Waals surface area contributed by atoms with Crippen LogP contribution in [0, 0.1) is 17.6 Å². The molecule has 35 heavy (non-hydrogen) atoms. The van der Waals surface area contributed by atoms with E-state index in [2.05, 4.69) is 5.32 Å². The highest BCUT2D eigenvalue weighted by molar-refractivity contribution is 5.88. The number of carbonyl (C=O) groups is 2. The van der Waals surface area contributed by atoms with Crippen molar-refractivity contribution in [1.29, 1.82) is 0 Å². The minimum Gasteiger partial charge on any atom is -0.481 e. The highest BCUT2D eigenvalue weighted by Crippen LogP contribution is 2.19. The van der Waals surface area contributed by atoms with E-state index in [0.717, 1.165) is 5.56 Å². The van der Waals surface area contributed by atoms with Crippen molar-refractivity contribution in [3.63, 3.8) is 0 Å². The van der Waals surface area contributed by atoms with Gasteiger partial charge in [0.05, 0.1) is 0 Å². The van der Waals surface area contributed by atoms with Crippen LogP contribution in [0.2, 0.25) is 0 Å². The largest absolute Gasteiger partial charge is 0.481 e. The summed E-state index contributed by atoms with van der Waals surface area (Å²) in [6.07, 6.45) is 0.227. The van der Waals surface area contributed by atoms with Crippen molar-refractivity contribution < 1.29 is 23.1 Å². The Labute approximate surface area is 204 Å². The summed E-state index contributed by atoms with van der Waals surface area (Å²) >= 11 is 0. The molecule has 7 heteroatoms. The zero-order valence-corrected chi connectivity index (χ0v) is 19.9. The Morgan fingerprint density at radius 1 is 0.886 bits per heavy atom. The first kappa shape index (κ1) is 25.9. The standard InChI is InChI=1S/C28H30F2N2O3/c1-20(2)17-31-28(34)25(16-21-10-4-3-5-11-21)32(18-22-12-6-7-13-23(22)29)27(33)19-35-26-15-9-8-14-24(26)30/h3-15,20,25H,16-19H2,1-2H3,(H,31,34).